The molecule has 0 saturated carbocycles. The molecule has 0 saturated heterocycles. The van der Waals surface area contributed by atoms with E-state index in [0.717, 1.165) is 19.0 Å². The Morgan fingerprint density at radius 2 is 1.91 bits per heavy atom. The van der Waals surface area contributed by atoms with Crippen LogP contribution in [0, 0.1) is 5.92 Å². The van der Waals surface area contributed by atoms with E-state index in [1.54, 1.807) is 0 Å². The predicted molar refractivity (Wildman–Crippen MR) is 51.8 cm³/mol. The van der Waals surface area contributed by atoms with Gasteiger partial charge in [0.05, 0.1) is 0 Å². The molecule has 0 aromatic rings. The first-order chi connectivity index (χ1) is 5.16. The SMILES string of the molecule is CCN(C)C/C=C\CC(C)C. The van der Waals surface area contributed by atoms with Crippen molar-refractivity contribution in [3.8, 4) is 0 Å². The summed E-state index contributed by atoms with van der Waals surface area (Å²) in [5.74, 6) is 0.790. The molecule has 1 heteroatoms. The summed E-state index contributed by atoms with van der Waals surface area (Å²) in [7, 11) is 2.14. The summed E-state index contributed by atoms with van der Waals surface area (Å²) >= 11 is 0. The van der Waals surface area contributed by atoms with Crippen molar-refractivity contribution in [2.45, 2.75) is 27.2 Å². The predicted octanol–water partition coefficient (Wildman–Crippen LogP) is 2.54. The van der Waals surface area contributed by atoms with Gasteiger partial charge in [-0.1, -0.05) is 32.9 Å². The van der Waals surface area contributed by atoms with Crippen molar-refractivity contribution in [3.63, 3.8) is 0 Å². The third kappa shape index (κ3) is 7.60. The number of likely N-dealkylation sites (N-methyl/N-ethyl adjacent to an activating group) is 1. The maximum Gasteiger partial charge on any atom is 0.0160 e. The fourth-order valence-electron chi connectivity index (χ4n) is 0.752. The van der Waals surface area contributed by atoms with Crippen LogP contribution in [0.5, 0.6) is 0 Å². The minimum atomic E-state index is 0.790. The van der Waals surface area contributed by atoms with Crippen molar-refractivity contribution >= 4 is 0 Å². The third-order valence-electron chi connectivity index (χ3n) is 1.73. The van der Waals surface area contributed by atoms with Gasteiger partial charge in [0.25, 0.3) is 0 Å². The van der Waals surface area contributed by atoms with Crippen LogP contribution in [0.1, 0.15) is 27.2 Å². The van der Waals surface area contributed by atoms with Crippen LogP contribution >= 0.6 is 0 Å². The Labute approximate surface area is 71.1 Å². The van der Waals surface area contributed by atoms with Crippen LogP contribution in [-0.2, 0) is 0 Å². The van der Waals surface area contributed by atoms with Gasteiger partial charge in [-0.05, 0) is 25.9 Å². The summed E-state index contributed by atoms with van der Waals surface area (Å²) in [6.45, 7) is 8.88. The molecule has 0 N–H and O–H groups in total. The van der Waals surface area contributed by atoms with Gasteiger partial charge >= 0.3 is 0 Å². The number of nitrogens with zero attached hydrogens (tertiary/aromatic N) is 1. The Bertz CT molecular complexity index is 105. The quantitative estimate of drug-likeness (QED) is 0.551. The number of hydrogen-bond donors (Lipinski definition) is 0. The Balaban J connectivity index is 3.29. The van der Waals surface area contributed by atoms with Crippen molar-refractivity contribution in [1.82, 2.24) is 4.90 Å². The Kier molecular flexibility index (Phi) is 6.24. The van der Waals surface area contributed by atoms with Gasteiger partial charge in [-0.2, -0.15) is 0 Å². The molecule has 1 nitrogen and oxygen atoms in total. The van der Waals surface area contributed by atoms with Crippen LogP contribution < -0.4 is 0 Å². The monoisotopic (exact) mass is 155 g/mol. The first-order valence-electron chi connectivity index (χ1n) is 4.50. The van der Waals surface area contributed by atoms with E-state index in [1.165, 1.54) is 6.42 Å². The van der Waals surface area contributed by atoms with Crippen molar-refractivity contribution < 1.29 is 0 Å². The zero-order valence-corrected chi connectivity index (χ0v) is 8.30. The fourth-order valence-corrected chi connectivity index (χ4v) is 0.752. The molecule has 0 radical (unpaired) electrons. The number of allylic oxidation sites excluding steroid dienone is 1. The lowest BCUT2D eigenvalue weighted by atomic mass is 10.1. The first kappa shape index (κ1) is 10.7. The maximum atomic E-state index is 2.29. The fraction of sp³-hybridized carbons (Fsp3) is 0.800. The van der Waals surface area contributed by atoms with Crippen LogP contribution in [0.2, 0.25) is 0 Å². The zero-order chi connectivity index (χ0) is 8.69. The highest BCUT2D eigenvalue weighted by atomic mass is 15.1. The van der Waals surface area contributed by atoms with Gasteiger partial charge in [0.2, 0.25) is 0 Å². The molecule has 66 valence electrons. The van der Waals surface area contributed by atoms with E-state index >= 15 is 0 Å². The third-order valence-corrected chi connectivity index (χ3v) is 1.73. The van der Waals surface area contributed by atoms with E-state index in [9.17, 15) is 0 Å². The van der Waals surface area contributed by atoms with Crippen molar-refractivity contribution in [2.24, 2.45) is 5.92 Å². The second kappa shape index (κ2) is 6.41. The lowest BCUT2D eigenvalue weighted by Crippen LogP contribution is -2.16. The number of hydrogen-bond acceptors (Lipinski definition) is 1. The highest BCUT2D eigenvalue weighted by Crippen LogP contribution is 1.99. The van der Waals surface area contributed by atoms with Gasteiger partial charge in [-0.15, -0.1) is 0 Å². The first-order valence-corrected chi connectivity index (χ1v) is 4.50. The molecule has 0 aromatic carbocycles. The topological polar surface area (TPSA) is 3.24 Å². The Hall–Kier alpha value is -0.300. The summed E-state index contributed by atoms with van der Waals surface area (Å²) in [5.41, 5.74) is 0. The molecule has 0 rings (SSSR count). The van der Waals surface area contributed by atoms with Crippen LogP contribution in [0.15, 0.2) is 12.2 Å². The van der Waals surface area contributed by atoms with Crippen LogP contribution in [-0.4, -0.2) is 25.0 Å². The molecular formula is C10H21N. The minimum absolute atomic E-state index is 0.790. The minimum Gasteiger partial charge on any atom is -0.303 e. The van der Waals surface area contributed by atoms with Gasteiger partial charge < -0.3 is 4.90 Å². The lowest BCUT2D eigenvalue weighted by molar-refractivity contribution is 0.392. The molecule has 0 aromatic heterocycles. The van der Waals surface area contributed by atoms with E-state index in [1.807, 2.05) is 0 Å². The van der Waals surface area contributed by atoms with Crippen molar-refractivity contribution in [1.29, 1.82) is 0 Å². The normalized spacial score (nSPS) is 12.2. The van der Waals surface area contributed by atoms with E-state index < -0.39 is 0 Å². The molecule has 11 heavy (non-hydrogen) atoms. The Morgan fingerprint density at radius 3 is 2.36 bits per heavy atom. The van der Waals surface area contributed by atoms with Crippen LogP contribution in [0.4, 0.5) is 0 Å². The van der Waals surface area contributed by atoms with Crippen molar-refractivity contribution in [2.75, 3.05) is 20.1 Å². The average Bonchev–Trinajstić information content (AvgIpc) is 1.97. The van der Waals surface area contributed by atoms with E-state index in [2.05, 4.69) is 44.9 Å². The molecule has 0 aliphatic carbocycles. The van der Waals surface area contributed by atoms with E-state index in [4.69, 9.17) is 0 Å². The molecule has 0 aliphatic rings. The van der Waals surface area contributed by atoms with E-state index in [-0.39, 0.29) is 0 Å². The molecule has 0 fully saturated rings. The Morgan fingerprint density at radius 1 is 1.27 bits per heavy atom. The molecular weight excluding hydrogens is 134 g/mol. The molecule has 0 unspecified atom stereocenters. The maximum absolute atomic E-state index is 2.29. The summed E-state index contributed by atoms with van der Waals surface area (Å²) in [6.07, 6.45) is 5.73. The smallest absolute Gasteiger partial charge is 0.0160 e. The summed E-state index contributed by atoms with van der Waals surface area (Å²) in [4.78, 5) is 2.29. The van der Waals surface area contributed by atoms with Crippen LogP contribution in [0.3, 0.4) is 0 Å². The highest BCUT2D eigenvalue weighted by molar-refractivity contribution is 4.84. The zero-order valence-electron chi connectivity index (χ0n) is 8.30. The second-order valence-electron chi connectivity index (χ2n) is 3.46. The van der Waals surface area contributed by atoms with E-state index in [0.29, 0.717) is 0 Å². The summed E-state index contributed by atoms with van der Waals surface area (Å²) < 4.78 is 0. The standard InChI is InChI=1S/C10H21N/c1-5-11(4)9-7-6-8-10(2)3/h6-7,10H,5,8-9H2,1-4H3/b7-6-. The summed E-state index contributed by atoms with van der Waals surface area (Å²) in [6, 6.07) is 0. The molecule has 0 bridgehead atoms. The number of rotatable bonds is 5. The van der Waals surface area contributed by atoms with Gasteiger partial charge in [0, 0.05) is 6.54 Å². The summed E-state index contributed by atoms with van der Waals surface area (Å²) in [5, 5.41) is 0. The largest absolute Gasteiger partial charge is 0.303 e. The van der Waals surface area contributed by atoms with Gasteiger partial charge in [-0.25, -0.2) is 0 Å². The van der Waals surface area contributed by atoms with Crippen molar-refractivity contribution in [3.05, 3.63) is 12.2 Å². The molecule has 0 aliphatic heterocycles. The molecule has 0 amide bonds. The average molecular weight is 155 g/mol. The van der Waals surface area contributed by atoms with Gasteiger partial charge in [-0.3, -0.25) is 0 Å². The molecule has 0 heterocycles. The van der Waals surface area contributed by atoms with Gasteiger partial charge in [0.1, 0.15) is 0 Å². The lowest BCUT2D eigenvalue weighted by Gasteiger charge is -2.09. The highest BCUT2D eigenvalue weighted by Gasteiger charge is 1.89. The van der Waals surface area contributed by atoms with Crippen LogP contribution in [0.25, 0.3) is 0 Å². The second-order valence-corrected chi connectivity index (χ2v) is 3.46. The van der Waals surface area contributed by atoms with Gasteiger partial charge in [0.15, 0.2) is 0 Å². The molecule has 0 atom stereocenters. The molecule has 0 spiro atoms.